The Balaban J connectivity index is 1.35. The molecule has 0 N–H and O–H groups in total. The van der Waals surface area contributed by atoms with E-state index in [0.29, 0.717) is 0 Å². The molecule has 1 unspecified atom stereocenters. The van der Waals surface area contributed by atoms with Gasteiger partial charge in [0, 0.05) is 0 Å². The highest BCUT2D eigenvalue weighted by atomic mass is 14.3. The van der Waals surface area contributed by atoms with E-state index in [1.54, 1.807) is 16.7 Å². The number of rotatable bonds is 8. The highest BCUT2D eigenvalue weighted by Crippen LogP contribution is 2.38. The van der Waals surface area contributed by atoms with Crippen molar-refractivity contribution in [3.8, 4) is 11.1 Å². The van der Waals surface area contributed by atoms with Crippen molar-refractivity contribution in [2.24, 2.45) is 11.8 Å². The summed E-state index contributed by atoms with van der Waals surface area (Å²) in [5.41, 5.74) is 7.57. The standard InChI is InChI=1S/C31H42/c1-3-5-7-9-24-10-13-26(14-11-24)27-16-18-28(19-17-27)30-21-20-29-22-25(8-6-4-2)12-15-31(29)23-30/h3,5,16-21,23-26H,4,6-15,22H2,1-2H3/b5-3+. The van der Waals surface area contributed by atoms with Gasteiger partial charge in [-0.2, -0.15) is 0 Å². The van der Waals surface area contributed by atoms with Gasteiger partial charge in [0.2, 0.25) is 0 Å². The van der Waals surface area contributed by atoms with E-state index < -0.39 is 0 Å². The average molecular weight is 415 g/mol. The molecule has 2 aromatic carbocycles. The molecule has 0 spiro atoms. The van der Waals surface area contributed by atoms with Crippen molar-refractivity contribution in [1.29, 1.82) is 0 Å². The predicted molar refractivity (Wildman–Crippen MR) is 136 cm³/mol. The first-order chi connectivity index (χ1) is 15.3. The molecule has 2 aromatic rings. The van der Waals surface area contributed by atoms with Gasteiger partial charge in [-0.25, -0.2) is 0 Å². The second kappa shape index (κ2) is 11.2. The van der Waals surface area contributed by atoms with E-state index in [-0.39, 0.29) is 0 Å². The third kappa shape index (κ3) is 5.91. The van der Waals surface area contributed by atoms with Crippen LogP contribution in [0.2, 0.25) is 0 Å². The molecule has 0 heterocycles. The molecular formula is C31H42. The summed E-state index contributed by atoms with van der Waals surface area (Å²) in [6.45, 7) is 4.44. The molecule has 2 aliphatic rings. The summed E-state index contributed by atoms with van der Waals surface area (Å²) in [6.07, 6.45) is 20.8. The Morgan fingerprint density at radius 3 is 2.32 bits per heavy atom. The minimum Gasteiger partial charge on any atom is -0.0917 e. The fraction of sp³-hybridized carbons (Fsp3) is 0.548. The Kier molecular flexibility index (Phi) is 8.06. The summed E-state index contributed by atoms with van der Waals surface area (Å²) in [7, 11) is 0. The number of allylic oxidation sites excluding steroid dienone is 2. The van der Waals surface area contributed by atoms with Crippen LogP contribution in [-0.4, -0.2) is 0 Å². The van der Waals surface area contributed by atoms with E-state index in [2.05, 4.69) is 68.5 Å². The van der Waals surface area contributed by atoms with Crippen LogP contribution in [0.4, 0.5) is 0 Å². The zero-order valence-corrected chi connectivity index (χ0v) is 19.9. The van der Waals surface area contributed by atoms with Crippen LogP contribution in [0.25, 0.3) is 11.1 Å². The van der Waals surface area contributed by atoms with Crippen molar-refractivity contribution >= 4 is 0 Å². The number of benzene rings is 2. The van der Waals surface area contributed by atoms with Crippen LogP contribution in [-0.2, 0) is 12.8 Å². The first kappa shape index (κ1) is 22.4. The molecule has 0 amide bonds. The SMILES string of the molecule is C/C=C/CCC1CCC(c2ccc(-c3ccc4c(c3)CCC(CCCC)C4)cc2)CC1. The van der Waals surface area contributed by atoms with Crippen LogP contribution < -0.4 is 0 Å². The molecule has 1 fully saturated rings. The molecule has 0 nitrogen and oxygen atoms in total. The molecule has 31 heavy (non-hydrogen) atoms. The van der Waals surface area contributed by atoms with Crippen LogP contribution in [0.1, 0.15) is 101 Å². The molecule has 1 saturated carbocycles. The molecule has 1 atom stereocenters. The summed E-state index contributed by atoms with van der Waals surface area (Å²) in [5, 5.41) is 0. The lowest BCUT2D eigenvalue weighted by atomic mass is 9.77. The molecule has 0 aliphatic heterocycles. The summed E-state index contributed by atoms with van der Waals surface area (Å²) >= 11 is 0. The third-order valence-electron chi connectivity index (χ3n) is 8.04. The summed E-state index contributed by atoms with van der Waals surface area (Å²) in [4.78, 5) is 0. The topological polar surface area (TPSA) is 0 Å². The second-order valence-electron chi connectivity index (χ2n) is 10.2. The Morgan fingerprint density at radius 2 is 1.58 bits per heavy atom. The zero-order valence-electron chi connectivity index (χ0n) is 19.9. The van der Waals surface area contributed by atoms with Crippen LogP contribution in [0.15, 0.2) is 54.6 Å². The number of hydrogen-bond acceptors (Lipinski definition) is 0. The van der Waals surface area contributed by atoms with Gasteiger partial charge in [-0.05, 0) is 110 Å². The molecule has 166 valence electrons. The number of aryl methyl sites for hydroxylation is 1. The molecule has 0 aromatic heterocycles. The largest absolute Gasteiger partial charge is 0.0917 e. The molecule has 0 radical (unpaired) electrons. The molecule has 0 saturated heterocycles. The Bertz CT molecular complexity index is 833. The Hall–Kier alpha value is -1.82. The van der Waals surface area contributed by atoms with Crippen LogP contribution in [0, 0.1) is 11.8 Å². The van der Waals surface area contributed by atoms with E-state index >= 15 is 0 Å². The minimum absolute atomic E-state index is 0.774. The second-order valence-corrected chi connectivity index (χ2v) is 10.2. The van der Waals surface area contributed by atoms with Crippen molar-refractivity contribution < 1.29 is 0 Å². The van der Waals surface area contributed by atoms with Gasteiger partial charge in [0.25, 0.3) is 0 Å². The molecule has 2 aliphatic carbocycles. The van der Waals surface area contributed by atoms with E-state index in [1.807, 2.05) is 0 Å². The van der Waals surface area contributed by atoms with Crippen LogP contribution in [0.5, 0.6) is 0 Å². The van der Waals surface area contributed by atoms with Crippen LogP contribution in [0.3, 0.4) is 0 Å². The number of unbranched alkanes of at least 4 members (excludes halogenated alkanes) is 1. The van der Waals surface area contributed by atoms with Gasteiger partial charge >= 0.3 is 0 Å². The predicted octanol–water partition coefficient (Wildman–Crippen LogP) is 9.28. The number of hydrogen-bond donors (Lipinski definition) is 0. The van der Waals surface area contributed by atoms with Gasteiger partial charge in [-0.1, -0.05) is 80.8 Å². The van der Waals surface area contributed by atoms with Gasteiger partial charge in [0.05, 0.1) is 0 Å². The zero-order chi connectivity index (χ0) is 21.5. The van der Waals surface area contributed by atoms with Gasteiger partial charge in [-0.3, -0.25) is 0 Å². The maximum Gasteiger partial charge on any atom is -0.0162 e. The van der Waals surface area contributed by atoms with Crippen molar-refractivity contribution in [3.63, 3.8) is 0 Å². The van der Waals surface area contributed by atoms with Gasteiger partial charge < -0.3 is 0 Å². The van der Waals surface area contributed by atoms with Gasteiger partial charge in [0.1, 0.15) is 0 Å². The highest BCUT2D eigenvalue weighted by molar-refractivity contribution is 5.65. The molecule has 4 rings (SSSR count). The first-order valence-corrected chi connectivity index (χ1v) is 13.1. The van der Waals surface area contributed by atoms with E-state index in [1.165, 1.54) is 88.2 Å². The molecular weight excluding hydrogens is 372 g/mol. The fourth-order valence-corrected chi connectivity index (χ4v) is 5.98. The maximum atomic E-state index is 2.48. The van der Waals surface area contributed by atoms with E-state index in [0.717, 1.165) is 17.8 Å². The van der Waals surface area contributed by atoms with Gasteiger partial charge in [0.15, 0.2) is 0 Å². The minimum atomic E-state index is 0.774. The van der Waals surface area contributed by atoms with E-state index in [9.17, 15) is 0 Å². The Morgan fingerprint density at radius 1 is 0.806 bits per heavy atom. The summed E-state index contributed by atoms with van der Waals surface area (Å²) in [6, 6.07) is 16.9. The van der Waals surface area contributed by atoms with Gasteiger partial charge in [-0.15, -0.1) is 0 Å². The maximum absolute atomic E-state index is 2.48. The third-order valence-corrected chi connectivity index (χ3v) is 8.04. The quantitative estimate of drug-likeness (QED) is 0.377. The lowest BCUT2D eigenvalue weighted by molar-refractivity contribution is 0.312. The first-order valence-electron chi connectivity index (χ1n) is 13.1. The van der Waals surface area contributed by atoms with Crippen molar-refractivity contribution in [3.05, 3.63) is 71.3 Å². The Labute approximate surface area is 191 Å². The van der Waals surface area contributed by atoms with Crippen LogP contribution >= 0.6 is 0 Å². The lowest BCUT2D eigenvalue weighted by Gasteiger charge is -2.28. The lowest BCUT2D eigenvalue weighted by Crippen LogP contribution is -2.14. The summed E-state index contributed by atoms with van der Waals surface area (Å²) in [5.74, 6) is 2.63. The highest BCUT2D eigenvalue weighted by Gasteiger charge is 2.22. The van der Waals surface area contributed by atoms with Crippen molar-refractivity contribution in [2.45, 2.75) is 96.8 Å². The average Bonchev–Trinajstić information content (AvgIpc) is 2.83. The van der Waals surface area contributed by atoms with E-state index in [4.69, 9.17) is 0 Å². The molecule has 0 heteroatoms. The normalized spacial score (nSPS) is 23.7. The molecule has 0 bridgehead atoms. The number of fused-ring (bicyclic) bond motifs is 1. The monoisotopic (exact) mass is 414 g/mol. The smallest absolute Gasteiger partial charge is 0.0162 e. The summed E-state index contributed by atoms with van der Waals surface area (Å²) < 4.78 is 0. The van der Waals surface area contributed by atoms with Crippen molar-refractivity contribution in [1.82, 2.24) is 0 Å². The fourth-order valence-electron chi connectivity index (χ4n) is 5.98. The van der Waals surface area contributed by atoms with Crippen molar-refractivity contribution in [2.75, 3.05) is 0 Å².